The predicted molar refractivity (Wildman–Crippen MR) is 102 cm³/mol. The number of benzene rings is 2. The Morgan fingerprint density at radius 2 is 1.80 bits per heavy atom. The molecule has 1 aromatic heterocycles. The van der Waals surface area contributed by atoms with Gasteiger partial charge >= 0.3 is 0 Å². The van der Waals surface area contributed by atoms with Crippen LogP contribution in [0, 0.1) is 6.92 Å². The number of aryl methyl sites for hydroxylation is 2. The highest BCUT2D eigenvalue weighted by molar-refractivity contribution is 7.17. The van der Waals surface area contributed by atoms with Gasteiger partial charge in [0, 0.05) is 11.6 Å². The molecule has 0 radical (unpaired) electrons. The maximum absolute atomic E-state index is 12.7. The van der Waals surface area contributed by atoms with Gasteiger partial charge in [-0.1, -0.05) is 54.6 Å². The lowest BCUT2D eigenvalue weighted by atomic mass is 9.88. The van der Waals surface area contributed by atoms with Crippen molar-refractivity contribution in [2.75, 3.05) is 0 Å². The van der Waals surface area contributed by atoms with Crippen LogP contribution in [-0.2, 0) is 12.8 Å². The maximum Gasteiger partial charge on any atom is 0.263 e. The van der Waals surface area contributed by atoms with Gasteiger partial charge in [-0.05, 0) is 37.3 Å². The number of thiazole rings is 1. The quantitative estimate of drug-likeness (QED) is 0.762. The van der Waals surface area contributed by atoms with E-state index >= 15 is 0 Å². The fourth-order valence-electron chi connectivity index (χ4n) is 3.38. The van der Waals surface area contributed by atoms with E-state index in [0.717, 1.165) is 40.4 Å². The van der Waals surface area contributed by atoms with Crippen LogP contribution in [0.15, 0.2) is 54.6 Å². The fourth-order valence-corrected chi connectivity index (χ4v) is 4.36. The lowest BCUT2D eigenvalue weighted by molar-refractivity contribution is 0.0937. The van der Waals surface area contributed by atoms with Crippen molar-refractivity contribution in [1.82, 2.24) is 10.3 Å². The molecular formula is C21H20N2OS. The van der Waals surface area contributed by atoms with Gasteiger partial charge in [0.2, 0.25) is 0 Å². The molecule has 0 spiro atoms. The Balaban J connectivity index is 1.50. The van der Waals surface area contributed by atoms with Crippen molar-refractivity contribution in [3.05, 3.63) is 76.3 Å². The summed E-state index contributed by atoms with van der Waals surface area (Å²) in [6.07, 6.45) is 2.93. The number of carbonyl (C=O) groups is 1. The molecule has 1 N–H and O–H groups in total. The summed E-state index contributed by atoms with van der Waals surface area (Å²) in [6, 6.07) is 18.7. The molecule has 1 atom stereocenters. The minimum atomic E-state index is 0.00145. The maximum atomic E-state index is 12.7. The van der Waals surface area contributed by atoms with Gasteiger partial charge in [0.15, 0.2) is 0 Å². The summed E-state index contributed by atoms with van der Waals surface area (Å²) in [5.74, 6) is 0.00145. The Hall–Kier alpha value is -2.46. The summed E-state index contributed by atoms with van der Waals surface area (Å²) in [4.78, 5) is 18.1. The average Bonchev–Trinajstić information content (AvgIpc) is 3.04. The van der Waals surface area contributed by atoms with Crippen molar-refractivity contribution in [3.63, 3.8) is 0 Å². The molecule has 1 aliphatic rings. The Morgan fingerprint density at radius 1 is 1.08 bits per heavy atom. The molecule has 1 aliphatic carbocycles. The third-order valence-corrected chi connectivity index (χ3v) is 5.91. The topological polar surface area (TPSA) is 42.0 Å². The van der Waals surface area contributed by atoms with Crippen LogP contribution in [0.1, 0.15) is 32.9 Å². The van der Waals surface area contributed by atoms with E-state index in [4.69, 9.17) is 0 Å². The highest BCUT2D eigenvalue weighted by Gasteiger charge is 2.23. The standard InChI is InChI=1S/C21H20N2OS/c1-14-19(25-21(22-14)16-8-3-2-4-9-16)20(24)23-18-12-11-15-7-5-6-10-17(15)13-18/h2-10,18H,11-13H2,1H3,(H,23,24)/t18-/m1/s1. The zero-order chi connectivity index (χ0) is 17.2. The first-order valence-corrected chi connectivity index (χ1v) is 9.43. The van der Waals surface area contributed by atoms with Crippen LogP contribution in [0.5, 0.6) is 0 Å². The number of nitrogens with one attached hydrogen (secondary N) is 1. The summed E-state index contributed by atoms with van der Waals surface area (Å²) in [7, 11) is 0. The van der Waals surface area contributed by atoms with Crippen molar-refractivity contribution < 1.29 is 4.79 Å². The highest BCUT2D eigenvalue weighted by atomic mass is 32.1. The van der Waals surface area contributed by atoms with Crippen LogP contribution in [0.2, 0.25) is 0 Å². The molecule has 2 aromatic carbocycles. The van der Waals surface area contributed by atoms with Crippen LogP contribution in [0.3, 0.4) is 0 Å². The van der Waals surface area contributed by atoms with Crippen molar-refractivity contribution in [2.24, 2.45) is 0 Å². The number of hydrogen-bond acceptors (Lipinski definition) is 3. The average molecular weight is 348 g/mol. The van der Waals surface area contributed by atoms with Gasteiger partial charge < -0.3 is 5.32 Å². The van der Waals surface area contributed by atoms with Crippen LogP contribution < -0.4 is 5.32 Å². The molecule has 4 heteroatoms. The molecule has 1 amide bonds. The summed E-state index contributed by atoms with van der Waals surface area (Å²) < 4.78 is 0. The number of fused-ring (bicyclic) bond motifs is 1. The van der Waals surface area contributed by atoms with E-state index in [1.54, 1.807) is 0 Å². The molecule has 3 nitrogen and oxygen atoms in total. The van der Waals surface area contributed by atoms with Crippen molar-refractivity contribution in [3.8, 4) is 10.6 Å². The molecule has 25 heavy (non-hydrogen) atoms. The van der Waals surface area contributed by atoms with Gasteiger partial charge in [0.1, 0.15) is 9.88 Å². The van der Waals surface area contributed by atoms with Gasteiger partial charge in [0.05, 0.1) is 5.69 Å². The minimum absolute atomic E-state index is 0.00145. The van der Waals surface area contributed by atoms with Gasteiger partial charge in [-0.2, -0.15) is 0 Å². The molecule has 0 saturated heterocycles. The largest absolute Gasteiger partial charge is 0.348 e. The number of amides is 1. The number of aromatic nitrogens is 1. The molecular weight excluding hydrogens is 328 g/mol. The summed E-state index contributed by atoms with van der Waals surface area (Å²) in [5, 5.41) is 4.11. The predicted octanol–water partition coefficient (Wildman–Crippen LogP) is 4.41. The zero-order valence-corrected chi connectivity index (χ0v) is 15.0. The Labute approximate surface area is 151 Å². The van der Waals surface area contributed by atoms with Gasteiger partial charge in [-0.3, -0.25) is 4.79 Å². The lowest BCUT2D eigenvalue weighted by Gasteiger charge is -2.25. The van der Waals surface area contributed by atoms with E-state index < -0.39 is 0 Å². The first-order chi connectivity index (χ1) is 12.2. The monoisotopic (exact) mass is 348 g/mol. The SMILES string of the molecule is Cc1nc(-c2ccccc2)sc1C(=O)N[C@@H]1CCc2ccccc2C1. The Morgan fingerprint density at radius 3 is 2.60 bits per heavy atom. The number of rotatable bonds is 3. The van der Waals surface area contributed by atoms with Crippen LogP contribution >= 0.6 is 11.3 Å². The van der Waals surface area contributed by atoms with Crippen molar-refractivity contribution in [1.29, 1.82) is 0 Å². The highest BCUT2D eigenvalue weighted by Crippen LogP contribution is 2.28. The molecule has 0 unspecified atom stereocenters. The fraction of sp³-hybridized carbons (Fsp3) is 0.238. The summed E-state index contributed by atoms with van der Waals surface area (Å²) in [5.41, 5.74) is 4.62. The van der Waals surface area contributed by atoms with Crippen molar-refractivity contribution in [2.45, 2.75) is 32.2 Å². The lowest BCUT2D eigenvalue weighted by Crippen LogP contribution is -2.38. The van der Waals surface area contributed by atoms with E-state index in [1.165, 1.54) is 22.5 Å². The van der Waals surface area contributed by atoms with Gasteiger partial charge in [0.25, 0.3) is 5.91 Å². The second kappa shape index (κ2) is 6.81. The van der Waals surface area contributed by atoms with Crippen LogP contribution in [0.25, 0.3) is 10.6 Å². The smallest absolute Gasteiger partial charge is 0.263 e. The summed E-state index contributed by atoms with van der Waals surface area (Å²) in [6.45, 7) is 1.91. The van der Waals surface area contributed by atoms with E-state index in [1.807, 2.05) is 37.3 Å². The zero-order valence-electron chi connectivity index (χ0n) is 14.2. The molecule has 4 rings (SSSR count). The van der Waals surface area contributed by atoms with Gasteiger partial charge in [-0.15, -0.1) is 11.3 Å². The Kier molecular flexibility index (Phi) is 4.36. The number of carbonyl (C=O) groups excluding carboxylic acids is 1. The molecule has 0 saturated carbocycles. The molecule has 1 heterocycles. The van der Waals surface area contributed by atoms with Crippen LogP contribution in [0.4, 0.5) is 0 Å². The first kappa shape index (κ1) is 16.0. The second-order valence-electron chi connectivity index (χ2n) is 6.48. The minimum Gasteiger partial charge on any atom is -0.348 e. The third kappa shape index (κ3) is 3.35. The van der Waals surface area contributed by atoms with Gasteiger partial charge in [-0.25, -0.2) is 4.98 Å². The molecule has 126 valence electrons. The normalized spacial score (nSPS) is 16.3. The molecule has 3 aromatic rings. The van der Waals surface area contributed by atoms with E-state index in [2.05, 4.69) is 34.6 Å². The molecule has 0 aliphatic heterocycles. The third-order valence-electron chi connectivity index (χ3n) is 4.71. The first-order valence-electron chi connectivity index (χ1n) is 8.61. The van der Waals surface area contributed by atoms with Crippen molar-refractivity contribution >= 4 is 17.2 Å². The second-order valence-corrected chi connectivity index (χ2v) is 7.48. The molecule has 0 bridgehead atoms. The Bertz CT molecular complexity index is 901. The van der Waals surface area contributed by atoms with E-state index in [0.29, 0.717) is 0 Å². The number of hydrogen-bond donors (Lipinski definition) is 1. The number of nitrogens with zero attached hydrogens (tertiary/aromatic N) is 1. The van der Waals surface area contributed by atoms with E-state index in [-0.39, 0.29) is 11.9 Å². The summed E-state index contributed by atoms with van der Waals surface area (Å²) >= 11 is 1.47. The van der Waals surface area contributed by atoms with E-state index in [9.17, 15) is 4.79 Å². The van der Waals surface area contributed by atoms with Crippen LogP contribution in [-0.4, -0.2) is 16.9 Å². The molecule has 0 fully saturated rings.